The van der Waals surface area contributed by atoms with Crippen LogP contribution in [0, 0.1) is 5.41 Å². The van der Waals surface area contributed by atoms with Gasteiger partial charge in [0, 0.05) is 0 Å². The maximum atomic E-state index is 5.89. The molecule has 0 spiro atoms. The van der Waals surface area contributed by atoms with Crippen LogP contribution in [0.1, 0.15) is 80.6 Å². The molecule has 1 nitrogen and oxygen atoms in total. The molecule has 0 aromatic rings. The lowest BCUT2D eigenvalue weighted by atomic mass is 9.89. The molecule has 0 aromatic carbocycles. The molecule has 0 fully saturated rings. The highest BCUT2D eigenvalue weighted by atomic mass is 16.5. The van der Waals surface area contributed by atoms with E-state index in [9.17, 15) is 0 Å². The maximum absolute atomic E-state index is 5.89. The first-order chi connectivity index (χ1) is 7.10. The Morgan fingerprint density at radius 2 is 1.44 bits per heavy atom. The van der Waals surface area contributed by atoms with Gasteiger partial charge in [-0.05, 0) is 46.0 Å². The predicted octanol–water partition coefficient (Wildman–Crippen LogP) is 5.19. The zero-order chi connectivity index (χ0) is 12.8. The first-order valence-electron chi connectivity index (χ1n) is 6.78. The summed E-state index contributed by atoms with van der Waals surface area (Å²) in [5, 5.41) is 0. The third kappa shape index (κ3) is 12.0. The minimum Gasteiger partial charge on any atom is -0.373 e. The molecule has 0 bridgehead atoms. The lowest BCUT2D eigenvalue weighted by Gasteiger charge is -2.25. The van der Waals surface area contributed by atoms with Gasteiger partial charge in [-0.2, -0.15) is 0 Å². The highest BCUT2D eigenvalue weighted by Gasteiger charge is 2.15. The van der Waals surface area contributed by atoms with Gasteiger partial charge in [0.1, 0.15) is 0 Å². The summed E-state index contributed by atoms with van der Waals surface area (Å²) in [5.41, 5.74) is 0.498. The fourth-order valence-electron chi connectivity index (χ4n) is 1.93. The molecular weight excluding hydrogens is 196 g/mol. The van der Waals surface area contributed by atoms with E-state index in [1.165, 1.54) is 32.1 Å². The number of hydrogen-bond acceptors (Lipinski definition) is 1. The highest BCUT2D eigenvalue weighted by molar-refractivity contribution is 4.64. The molecule has 0 heterocycles. The van der Waals surface area contributed by atoms with Crippen molar-refractivity contribution in [3.8, 4) is 0 Å². The summed E-state index contributed by atoms with van der Waals surface area (Å²) >= 11 is 0. The molecule has 0 aliphatic rings. The van der Waals surface area contributed by atoms with E-state index in [1.54, 1.807) is 0 Å². The molecule has 1 unspecified atom stereocenters. The maximum Gasteiger partial charge on any atom is 0.0602 e. The second-order valence-corrected chi connectivity index (χ2v) is 7.20. The number of ether oxygens (including phenoxy) is 1. The van der Waals surface area contributed by atoms with Crippen molar-refractivity contribution in [3.05, 3.63) is 0 Å². The van der Waals surface area contributed by atoms with Gasteiger partial charge in [-0.25, -0.2) is 0 Å². The van der Waals surface area contributed by atoms with Gasteiger partial charge >= 0.3 is 0 Å². The molecule has 0 saturated carbocycles. The standard InChI is InChI=1S/C15H32O/c1-13(16-15(5,6)7)11-9-8-10-12-14(2,3)4/h13H,8-12H2,1-7H3. The lowest BCUT2D eigenvalue weighted by molar-refractivity contribution is -0.0549. The molecule has 0 aliphatic carbocycles. The summed E-state index contributed by atoms with van der Waals surface area (Å²) in [6, 6.07) is 0. The molecule has 0 aromatic heterocycles. The Morgan fingerprint density at radius 3 is 1.88 bits per heavy atom. The fourth-order valence-corrected chi connectivity index (χ4v) is 1.93. The third-order valence-electron chi connectivity index (χ3n) is 2.59. The van der Waals surface area contributed by atoms with Crippen LogP contribution in [0.2, 0.25) is 0 Å². The largest absolute Gasteiger partial charge is 0.373 e. The van der Waals surface area contributed by atoms with Crippen LogP contribution in [-0.2, 0) is 4.74 Å². The van der Waals surface area contributed by atoms with Crippen LogP contribution >= 0.6 is 0 Å². The van der Waals surface area contributed by atoms with Crippen LogP contribution in [-0.4, -0.2) is 11.7 Å². The molecule has 0 aliphatic heterocycles. The minimum atomic E-state index is 0.00479. The molecule has 1 atom stereocenters. The second kappa shape index (κ2) is 6.64. The molecule has 0 radical (unpaired) electrons. The SMILES string of the molecule is CC(CCCCCC(C)(C)C)OC(C)(C)C. The molecule has 0 rings (SSSR count). The smallest absolute Gasteiger partial charge is 0.0602 e. The van der Waals surface area contributed by atoms with Crippen LogP contribution in [0.25, 0.3) is 0 Å². The first-order valence-corrected chi connectivity index (χ1v) is 6.78. The van der Waals surface area contributed by atoms with Crippen molar-refractivity contribution >= 4 is 0 Å². The summed E-state index contributed by atoms with van der Waals surface area (Å²) in [4.78, 5) is 0. The number of hydrogen-bond donors (Lipinski definition) is 0. The van der Waals surface area contributed by atoms with Crippen LogP contribution in [0.5, 0.6) is 0 Å². The summed E-state index contributed by atoms with van der Waals surface area (Å²) in [6.07, 6.45) is 6.92. The minimum absolute atomic E-state index is 0.00479. The van der Waals surface area contributed by atoms with Crippen LogP contribution < -0.4 is 0 Å². The lowest BCUT2D eigenvalue weighted by Crippen LogP contribution is -2.25. The molecule has 0 saturated heterocycles. The van der Waals surface area contributed by atoms with E-state index in [2.05, 4.69) is 48.5 Å². The number of rotatable bonds is 6. The average Bonchev–Trinajstić information content (AvgIpc) is 1.97. The normalized spacial score (nSPS) is 15.2. The Hall–Kier alpha value is -0.0400. The molecular formula is C15H32O. The Morgan fingerprint density at radius 1 is 0.875 bits per heavy atom. The van der Waals surface area contributed by atoms with Gasteiger partial charge in [0.05, 0.1) is 11.7 Å². The van der Waals surface area contributed by atoms with Gasteiger partial charge in [0.25, 0.3) is 0 Å². The number of unbranched alkanes of at least 4 members (excludes halogenated alkanes) is 2. The van der Waals surface area contributed by atoms with Crippen molar-refractivity contribution in [2.75, 3.05) is 0 Å². The van der Waals surface area contributed by atoms with E-state index in [1.807, 2.05) is 0 Å². The van der Waals surface area contributed by atoms with Gasteiger partial charge in [0.2, 0.25) is 0 Å². The van der Waals surface area contributed by atoms with Gasteiger partial charge in [-0.15, -0.1) is 0 Å². The predicted molar refractivity (Wildman–Crippen MR) is 72.8 cm³/mol. The summed E-state index contributed by atoms with van der Waals surface area (Å²) in [7, 11) is 0. The first kappa shape index (κ1) is 16.0. The Bertz CT molecular complexity index is 171. The van der Waals surface area contributed by atoms with E-state index in [0.29, 0.717) is 11.5 Å². The van der Waals surface area contributed by atoms with Crippen molar-refractivity contribution in [3.63, 3.8) is 0 Å². The van der Waals surface area contributed by atoms with Crippen LogP contribution in [0.15, 0.2) is 0 Å². The molecule has 16 heavy (non-hydrogen) atoms. The van der Waals surface area contributed by atoms with E-state index >= 15 is 0 Å². The second-order valence-electron chi connectivity index (χ2n) is 7.20. The third-order valence-corrected chi connectivity index (χ3v) is 2.59. The summed E-state index contributed by atoms with van der Waals surface area (Å²) < 4.78 is 5.89. The van der Waals surface area contributed by atoms with E-state index < -0.39 is 0 Å². The van der Waals surface area contributed by atoms with E-state index in [4.69, 9.17) is 4.74 Å². The zero-order valence-electron chi connectivity index (χ0n) is 12.5. The molecule has 98 valence electrons. The van der Waals surface area contributed by atoms with Gasteiger partial charge in [-0.1, -0.05) is 40.0 Å². The average molecular weight is 228 g/mol. The zero-order valence-corrected chi connectivity index (χ0v) is 12.5. The van der Waals surface area contributed by atoms with Gasteiger partial charge < -0.3 is 4.74 Å². The molecule has 0 N–H and O–H groups in total. The van der Waals surface area contributed by atoms with Crippen LogP contribution in [0.4, 0.5) is 0 Å². The van der Waals surface area contributed by atoms with E-state index in [0.717, 1.165) is 0 Å². The van der Waals surface area contributed by atoms with Gasteiger partial charge in [-0.3, -0.25) is 0 Å². The Kier molecular flexibility index (Phi) is 6.62. The Balaban J connectivity index is 3.45. The monoisotopic (exact) mass is 228 g/mol. The van der Waals surface area contributed by atoms with Crippen LogP contribution in [0.3, 0.4) is 0 Å². The van der Waals surface area contributed by atoms with E-state index in [-0.39, 0.29) is 5.60 Å². The van der Waals surface area contributed by atoms with Crippen molar-refractivity contribution in [2.24, 2.45) is 5.41 Å². The van der Waals surface area contributed by atoms with Crippen molar-refractivity contribution in [2.45, 2.75) is 92.3 Å². The molecule has 0 amide bonds. The van der Waals surface area contributed by atoms with Gasteiger partial charge in [0.15, 0.2) is 0 Å². The summed E-state index contributed by atoms with van der Waals surface area (Å²) in [5.74, 6) is 0. The van der Waals surface area contributed by atoms with Crippen molar-refractivity contribution in [1.82, 2.24) is 0 Å². The molecule has 1 heteroatoms. The van der Waals surface area contributed by atoms with Crippen molar-refractivity contribution in [1.29, 1.82) is 0 Å². The topological polar surface area (TPSA) is 9.23 Å². The highest BCUT2D eigenvalue weighted by Crippen LogP contribution is 2.23. The Labute approximate surface area is 103 Å². The van der Waals surface area contributed by atoms with Crippen molar-refractivity contribution < 1.29 is 4.74 Å². The quantitative estimate of drug-likeness (QED) is 0.569. The summed E-state index contributed by atoms with van der Waals surface area (Å²) in [6.45, 7) is 15.5. The fraction of sp³-hybridized carbons (Fsp3) is 1.00.